The number of guanidine groups is 1. The summed E-state index contributed by atoms with van der Waals surface area (Å²) in [6.07, 6.45) is 0. The van der Waals surface area contributed by atoms with E-state index in [2.05, 4.69) is 26.2 Å². The highest BCUT2D eigenvalue weighted by Gasteiger charge is 2.28. The minimum absolute atomic E-state index is 0.136. The summed E-state index contributed by atoms with van der Waals surface area (Å²) in [7, 11) is 0. The monoisotopic (exact) mass is 287 g/mol. The third-order valence-corrected chi connectivity index (χ3v) is 2.98. The van der Waals surface area contributed by atoms with Crippen molar-refractivity contribution in [3.63, 3.8) is 0 Å². The van der Waals surface area contributed by atoms with Gasteiger partial charge in [0.05, 0.1) is 0 Å². The number of nitrogens with one attached hydrogen (secondary N) is 1. The van der Waals surface area contributed by atoms with E-state index in [1.807, 2.05) is 0 Å². The first kappa shape index (κ1) is 10.4. The molecule has 15 heavy (non-hydrogen) atoms. The van der Waals surface area contributed by atoms with Crippen molar-refractivity contribution in [1.29, 1.82) is 0 Å². The molecule has 0 saturated heterocycles. The molecule has 1 aromatic carbocycles. The molecule has 1 amide bonds. The van der Waals surface area contributed by atoms with Gasteiger partial charge in [-0.3, -0.25) is 10.1 Å². The molecule has 3 N–H and O–H groups in total. The molecule has 1 atom stereocenters. The first-order valence-electron chi connectivity index (χ1n) is 4.17. The fraction of sp³-hybridized carbons (Fsp3) is 0.111. The highest BCUT2D eigenvalue weighted by Crippen LogP contribution is 2.30. The van der Waals surface area contributed by atoms with Crippen molar-refractivity contribution >= 4 is 39.4 Å². The van der Waals surface area contributed by atoms with Crippen LogP contribution in [0.25, 0.3) is 0 Å². The number of hydrogen-bond donors (Lipinski definition) is 2. The maximum Gasteiger partial charge on any atom is 0.256 e. The number of amides is 1. The predicted molar refractivity (Wildman–Crippen MR) is 61.7 cm³/mol. The van der Waals surface area contributed by atoms with Crippen LogP contribution in [0.3, 0.4) is 0 Å². The third kappa shape index (κ3) is 1.98. The number of carbonyl (C=O) groups is 1. The molecule has 1 aliphatic rings. The van der Waals surface area contributed by atoms with E-state index in [9.17, 15) is 4.79 Å². The Balaban J connectivity index is 2.45. The summed E-state index contributed by atoms with van der Waals surface area (Å²) >= 11 is 9.19. The molecule has 0 fully saturated rings. The van der Waals surface area contributed by atoms with Crippen molar-refractivity contribution in [3.05, 3.63) is 33.3 Å². The van der Waals surface area contributed by atoms with Crippen LogP contribution in [0.2, 0.25) is 5.02 Å². The second-order valence-corrected chi connectivity index (χ2v) is 4.36. The van der Waals surface area contributed by atoms with E-state index in [-0.39, 0.29) is 11.9 Å². The van der Waals surface area contributed by atoms with Gasteiger partial charge in [0.25, 0.3) is 5.91 Å². The minimum Gasteiger partial charge on any atom is -0.370 e. The Labute approximate surface area is 99.6 Å². The van der Waals surface area contributed by atoms with E-state index in [1.165, 1.54) is 0 Å². The first-order valence-corrected chi connectivity index (χ1v) is 5.34. The molecule has 78 valence electrons. The Morgan fingerprint density at radius 1 is 1.53 bits per heavy atom. The number of nitrogens with two attached hydrogens (primary N) is 1. The number of hydrogen-bond acceptors (Lipinski definition) is 3. The largest absolute Gasteiger partial charge is 0.370 e. The van der Waals surface area contributed by atoms with E-state index in [4.69, 9.17) is 17.3 Å². The molecule has 0 radical (unpaired) electrons. The summed E-state index contributed by atoms with van der Waals surface area (Å²) in [5.41, 5.74) is 6.12. The normalized spacial score (nSPS) is 20.0. The van der Waals surface area contributed by atoms with Gasteiger partial charge in [-0.1, -0.05) is 27.5 Å². The molecule has 1 aliphatic heterocycles. The smallest absolute Gasteiger partial charge is 0.256 e. The molecular weight excluding hydrogens is 281 g/mol. The van der Waals surface area contributed by atoms with Crippen LogP contribution >= 0.6 is 27.5 Å². The fourth-order valence-electron chi connectivity index (χ4n) is 1.36. The zero-order chi connectivity index (χ0) is 11.0. The van der Waals surface area contributed by atoms with E-state index < -0.39 is 6.04 Å². The molecule has 2 rings (SSSR count). The molecule has 6 heteroatoms. The zero-order valence-electron chi connectivity index (χ0n) is 7.50. The van der Waals surface area contributed by atoms with Gasteiger partial charge in [0.1, 0.15) is 0 Å². The summed E-state index contributed by atoms with van der Waals surface area (Å²) in [4.78, 5) is 15.5. The highest BCUT2D eigenvalue weighted by atomic mass is 79.9. The van der Waals surface area contributed by atoms with Crippen molar-refractivity contribution < 1.29 is 4.79 Å². The van der Waals surface area contributed by atoms with Gasteiger partial charge in [-0.05, 0) is 18.2 Å². The van der Waals surface area contributed by atoms with Crippen LogP contribution in [-0.2, 0) is 4.79 Å². The van der Waals surface area contributed by atoms with E-state index in [1.54, 1.807) is 18.2 Å². The van der Waals surface area contributed by atoms with E-state index >= 15 is 0 Å². The molecule has 1 unspecified atom stereocenters. The van der Waals surface area contributed by atoms with E-state index in [0.29, 0.717) is 10.6 Å². The lowest BCUT2D eigenvalue weighted by molar-refractivity contribution is -0.120. The third-order valence-electron chi connectivity index (χ3n) is 2.02. The number of halogens is 2. The van der Waals surface area contributed by atoms with Crippen molar-refractivity contribution in [3.8, 4) is 0 Å². The maximum absolute atomic E-state index is 11.5. The Morgan fingerprint density at radius 2 is 2.27 bits per heavy atom. The first-order chi connectivity index (χ1) is 7.08. The Bertz CT molecular complexity index is 461. The lowest BCUT2D eigenvalue weighted by Gasteiger charge is -2.07. The van der Waals surface area contributed by atoms with Crippen LogP contribution in [-0.4, -0.2) is 11.9 Å². The quantitative estimate of drug-likeness (QED) is 0.824. The molecule has 0 saturated carbocycles. The lowest BCUT2D eigenvalue weighted by atomic mass is 10.1. The van der Waals surface area contributed by atoms with Crippen molar-refractivity contribution in [2.75, 3.05) is 0 Å². The Morgan fingerprint density at radius 3 is 2.87 bits per heavy atom. The summed E-state index contributed by atoms with van der Waals surface area (Å²) in [6.45, 7) is 0. The molecule has 0 spiro atoms. The molecule has 1 heterocycles. The van der Waals surface area contributed by atoms with Gasteiger partial charge in [-0.2, -0.15) is 0 Å². The van der Waals surface area contributed by atoms with Crippen molar-refractivity contribution in [2.45, 2.75) is 6.04 Å². The Hall–Kier alpha value is -1.07. The van der Waals surface area contributed by atoms with Gasteiger partial charge in [-0.25, -0.2) is 4.99 Å². The topological polar surface area (TPSA) is 67.5 Å². The van der Waals surface area contributed by atoms with Gasteiger partial charge in [0, 0.05) is 15.1 Å². The molecule has 4 nitrogen and oxygen atoms in total. The van der Waals surface area contributed by atoms with Gasteiger partial charge in [0.15, 0.2) is 12.0 Å². The SMILES string of the molecule is NC1=NC(c2cc(Cl)ccc2Br)C(=O)N1. The van der Waals surface area contributed by atoms with Crippen LogP contribution in [0.15, 0.2) is 27.7 Å². The number of carbonyl (C=O) groups excluding carboxylic acids is 1. The molecular formula is C9H7BrClN3O. The number of benzene rings is 1. The van der Waals surface area contributed by atoms with Crippen molar-refractivity contribution in [2.24, 2.45) is 10.7 Å². The van der Waals surface area contributed by atoms with Crippen LogP contribution in [0.4, 0.5) is 0 Å². The van der Waals surface area contributed by atoms with Gasteiger partial charge < -0.3 is 5.73 Å². The number of nitrogens with zero attached hydrogens (tertiary/aromatic N) is 1. The van der Waals surface area contributed by atoms with E-state index in [0.717, 1.165) is 4.47 Å². The molecule has 0 aromatic heterocycles. The average Bonchev–Trinajstić information content (AvgIpc) is 2.50. The summed E-state index contributed by atoms with van der Waals surface area (Å²) in [6, 6.07) is 4.58. The summed E-state index contributed by atoms with van der Waals surface area (Å²) < 4.78 is 0.783. The Kier molecular flexibility index (Phi) is 2.67. The minimum atomic E-state index is -0.613. The van der Waals surface area contributed by atoms with Crippen LogP contribution in [0.1, 0.15) is 11.6 Å². The van der Waals surface area contributed by atoms with Gasteiger partial charge in [-0.15, -0.1) is 0 Å². The maximum atomic E-state index is 11.5. The van der Waals surface area contributed by atoms with Crippen molar-refractivity contribution in [1.82, 2.24) is 5.32 Å². The van der Waals surface area contributed by atoms with Gasteiger partial charge in [0.2, 0.25) is 0 Å². The van der Waals surface area contributed by atoms with Crippen LogP contribution in [0, 0.1) is 0 Å². The lowest BCUT2D eigenvalue weighted by Crippen LogP contribution is -2.31. The highest BCUT2D eigenvalue weighted by molar-refractivity contribution is 9.10. The second-order valence-electron chi connectivity index (χ2n) is 3.07. The molecule has 0 aliphatic carbocycles. The zero-order valence-corrected chi connectivity index (χ0v) is 9.84. The molecule has 1 aromatic rings. The second kappa shape index (κ2) is 3.83. The predicted octanol–water partition coefficient (Wildman–Crippen LogP) is 1.59. The standard InChI is InChI=1S/C9H7BrClN3O/c10-6-2-1-4(11)3-5(6)7-8(15)14-9(12)13-7/h1-3,7H,(H3,12,13,14,15). The average molecular weight is 289 g/mol. The fourth-order valence-corrected chi connectivity index (χ4v) is 2.00. The van der Waals surface area contributed by atoms with Gasteiger partial charge >= 0.3 is 0 Å². The summed E-state index contributed by atoms with van der Waals surface area (Å²) in [5.74, 6) is -0.104. The van der Waals surface area contributed by atoms with Crippen LogP contribution in [0.5, 0.6) is 0 Å². The van der Waals surface area contributed by atoms with Crippen LogP contribution < -0.4 is 11.1 Å². The molecule has 0 bridgehead atoms. The summed E-state index contributed by atoms with van der Waals surface area (Å²) in [5, 5.41) is 2.99. The number of rotatable bonds is 1. The number of aliphatic imine (C=N–C) groups is 1.